The van der Waals surface area contributed by atoms with E-state index < -0.39 is 0 Å². The molecule has 0 aromatic heterocycles. The number of nitrogens with one attached hydrogen (secondary N) is 1. The van der Waals surface area contributed by atoms with E-state index in [1.54, 1.807) is 63.8 Å². The van der Waals surface area contributed by atoms with E-state index in [1.165, 1.54) is 0 Å². The normalized spacial score (nSPS) is 9.95. The zero-order valence-electron chi connectivity index (χ0n) is 12.9. The van der Waals surface area contributed by atoms with Gasteiger partial charge in [0.25, 0.3) is 0 Å². The summed E-state index contributed by atoms with van der Waals surface area (Å²) in [4.78, 5) is 12.2. The van der Waals surface area contributed by atoms with Crippen LogP contribution >= 0.6 is 0 Å². The molecule has 0 radical (unpaired) electrons. The second-order valence-corrected chi connectivity index (χ2v) is 4.63. The fourth-order valence-corrected chi connectivity index (χ4v) is 2.07. The molecule has 0 saturated carbocycles. The number of ether oxygens (including phenoxy) is 3. The molecule has 5 nitrogen and oxygen atoms in total. The van der Waals surface area contributed by atoms with Crippen molar-refractivity contribution in [3.63, 3.8) is 0 Å². The molecule has 1 amide bonds. The molecule has 0 aliphatic carbocycles. The van der Waals surface area contributed by atoms with Gasteiger partial charge in [-0.2, -0.15) is 0 Å². The Labute approximate surface area is 129 Å². The van der Waals surface area contributed by atoms with Gasteiger partial charge in [0.05, 0.1) is 27.8 Å². The Morgan fingerprint density at radius 1 is 0.909 bits per heavy atom. The minimum atomic E-state index is -0.128. The van der Waals surface area contributed by atoms with Crippen LogP contribution in [0.3, 0.4) is 0 Å². The van der Waals surface area contributed by atoms with E-state index in [9.17, 15) is 4.79 Å². The third-order valence-electron chi connectivity index (χ3n) is 3.21. The first-order valence-corrected chi connectivity index (χ1v) is 6.81. The van der Waals surface area contributed by atoms with Crippen LogP contribution in [-0.4, -0.2) is 27.2 Å². The predicted molar refractivity (Wildman–Crippen MR) is 84.9 cm³/mol. The summed E-state index contributed by atoms with van der Waals surface area (Å²) in [5.74, 6) is 1.96. The minimum absolute atomic E-state index is 0.128. The Balaban J connectivity index is 2.07. The van der Waals surface area contributed by atoms with Gasteiger partial charge in [-0.3, -0.25) is 4.79 Å². The van der Waals surface area contributed by atoms with Gasteiger partial charge in [-0.15, -0.1) is 0 Å². The van der Waals surface area contributed by atoms with Crippen LogP contribution in [0.1, 0.15) is 5.56 Å². The molecule has 0 unspecified atom stereocenters. The fourth-order valence-electron chi connectivity index (χ4n) is 2.07. The number of amides is 1. The number of anilines is 1. The zero-order chi connectivity index (χ0) is 15.9. The molecule has 0 atom stereocenters. The molecule has 0 aliphatic rings. The van der Waals surface area contributed by atoms with Crippen LogP contribution < -0.4 is 19.5 Å². The molecule has 2 aromatic carbocycles. The molecule has 0 aliphatic heterocycles. The number of carbonyl (C=O) groups is 1. The van der Waals surface area contributed by atoms with Crippen molar-refractivity contribution in [2.24, 2.45) is 0 Å². The van der Waals surface area contributed by atoms with Crippen molar-refractivity contribution in [2.45, 2.75) is 6.42 Å². The minimum Gasteiger partial charge on any atom is -0.497 e. The van der Waals surface area contributed by atoms with Crippen molar-refractivity contribution in [1.82, 2.24) is 0 Å². The highest BCUT2D eigenvalue weighted by molar-refractivity contribution is 5.92. The van der Waals surface area contributed by atoms with Crippen molar-refractivity contribution in [3.05, 3.63) is 48.0 Å². The van der Waals surface area contributed by atoms with E-state index in [0.29, 0.717) is 17.2 Å². The van der Waals surface area contributed by atoms with Gasteiger partial charge in [0.2, 0.25) is 5.91 Å². The highest BCUT2D eigenvalue weighted by atomic mass is 16.5. The van der Waals surface area contributed by atoms with Gasteiger partial charge in [0.1, 0.15) is 17.2 Å². The molecular formula is C17H19NO4. The van der Waals surface area contributed by atoms with Gasteiger partial charge in [0.15, 0.2) is 0 Å². The first kappa shape index (κ1) is 15.7. The molecule has 1 N–H and O–H groups in total. The third kappa shape index (κ3) is 3.91. The van der Waals surface area contributed by atoms with Crippen molar-refractivity contribution in [3.8, 4) is 17.2 Å². The van der Waals surface area contributed by atoms with Crippen LogP contribution in [0.2, 0.25) is 0 Å². The molecule has 0 heterocycles. The van der Waals surface area contributed by atoms with E-state index >= 15 is 0 Å². The quantitative estimate of drug-likeness (QED) is 0.891. The molecule has 0 spiro atoms. The smallest absolute Gasteiger partial charge is 0.228 e. The SMILES string of the molecule is COc1ccc(NC(=O)Cc2cc(OC)ccc2OC)cc1. The Kier molecular flexibility index (Phi) is 5.25. The molecule has 0 fully saturated rings. The van der Waals surface area contributed by atoms with Gasteiger partial charge in [-0.1, -0.05) is 0 Å². The summed E-state index contributed by atoms with van der Waals surface area (Å²) in [5.41, 5.74) is 1.49. The van der Waals surface area contributed by atoms with Crippen LogP contribution in [0.4, 0.5) is 5.69 Å². The van der Waals surface area contributed by atoms with E-state index in [1.807, 2.05) is 0 Å². The van der Waals surface area contributed by atoms with Crippen LogP contribution in [0.25, 0.3) is 0 Å². The van der Waals surface area contributed by atoms with Gasteiger partial charge in [-0.05, 0) is 42.5 Å². The summed E-state index contributed by atoms with van der Waals surface area (Å²) in [6, 6.07) is 12.5. The Morgan fingerprint density at radius 2 is 1.55 bits per heavy atom. The third-order valence-corrected chi connectivity index (χ3v) is 3.21. The Bertz CT molecular complexity index is 638. The van der Waals surface area contributed by atoms with Gasteiger partial charge < -0.3 is 19.5 Å². The van der Waals surface area contributed by atoms with Crippen molar-refractivity contribution in [2.75, 3.05) is 26.6 Å². The van der Waals surface area contributed by atoms with Crippen LogP contribution in [0.15, 0.2) is 42.5 Å². The number of carbonyl (C=O) groups excluding carboxylic acids is 1. The average molecular weight is 301 g/mol. The second kappa shape index (κ2) is 7.36. The number of rotatable bonds is 6. The lowest BCUT2D eigenvalue weighted by Gasteiger charge is -2.11. The molecule has 22 heavy (non-hydrogen) atoms. The van der Waals surface area contributed by atoms with Crippen molar-refractivity contribution >= 4 is 11.6 Å². The zero-order valence-corrected chi connectivity index (χ0v) is 12.9. The molecule has 5 heteroatoms. The lowest BCUT2D eigenvalue weighted by molar-refractivity contribution is -0.115. The lowest BCUT2D eigenvalue weighted by Crippen LogP contribution is -2.15. The van der Waals surface area contributed by atoms with Crippen molar-refractivity contribution in [1.29, 1.82) is 0 Å². The largest absolute Gasteiger partial charge is 0.497 e. The van der Waals surface area contributed by atoms with Gasteiger partial charge in [0, 0.05) is 11.3 Å². The van der Waals surface area contributed by atoms with E-state index in [-0.39, 0.29) is 12.3 Å². The highest BCUT2D eigenvalue weighted by Gasteiger charge is 2.10. The number of hydrogen-bond donors (Lipinski definition) is 1. The maximum atomic E-state index is 12.2. The topological polar surface area (TPSA) is 56.8 Å². The Hall–Kier alpha value is -2.69. The summed E-state index contributed by atoms with van der Waals surface area (Å²) in [6.45, 7) is 0. The van der Waals surface area contributed by atoms with E-state index in [4.69, 9.17) is 14.2 Å². The summed E-state index contributed by atoms with van der Waals surface area (Å²) >= 11 is 0. The van der Waals surface area contributed by atoms with Crippen LogP contribution in [0.5, 0.6) is 17.2 Å². The highest BCUT2D eigenvalue weighted by Crippen LogP contribution is 2.25. The molecule has 2 rings (SSSR count). The lowest BCUT2D eigenvalue weighted by atomic mass is 10.1. The monoisotopic (exact) mass is 301 g/mol. The molecule has 2 aromatic rings. The molecule has 0 saturated heterocycles. The molecule has 116 valence electrons. The predicted octanol–water partition coefficient (Wildman–Crippen LogP) is 2.89. The summed E-state index contributed by atoms with van der Waals surface area (Å²) in [6.07, 6.45) is 0.201. The number of hydrogen-bond acceptors (Lipinski definition) is 4. The van der Waals surface area contributed by atoms with Gasteiger partial charge >= 0.3 is 0 Å². The first-order valence-electron chi connectivity index (χ1n) is 6.81. The Morgan fingerprint density at radius 3 is 2.14 bits per heavy atom. The summed E-state index contributed by atoms with van der Waals surface area (Å²) in [7, 11) is 4.76. The van der Waals surface area contributed by atoms with Gasteiger partial charge in [-0.25, -0.2) is 0 Å². The second-order valence-electron chi connectivity index (χ2n) is 4.63. The first-order chi connectivity index (χ1) is 10.7. The van der Waals surface area contributed by atoms with E-state index in [0.717, 1.165) is 11.3 Å². The maximum Gasteiger partial charge on any atom is 0.228 e. The van der Waals surface area contributed by atoms with E-state index in [2.05, 4.69) is 5.32 Å². The maximum absolute atomic E-state index is 12.2. The number of methoxy groups -OCH3 is 3. The molecule has 0 bridgehead atoms. The summed E-state index contributed by atoms with van der Waals surface area (Å²) in [5, 5.41) is 2.84. The van der Waals surface area contributed by atoms with Crippen molar-refractivity contribution < 1.29 is 19.0 Å². The van der Waals surface area contributed by atoms with Crippen LogP contribution in [-0.2, 0) is 11.2 Å². The number of benzene rings is 2. The average Bonchev–Trinajstić information content (AvgIpc) is 2.55. The summed E-state index contributed by atoms with van der Waals surface area (Å²) < 4.78 is 15.5. The standard InChI is InChI=1S/C17H19NO4/c1-20-14-6-4-13(5-7-14)18-17(19)11-12-10-15(21-2)8-9-16(12)22-3/h4-10H,11H2,1-3H3,(H,18,19). The molecular weight excluding hydrogens is 282 g/mol. The van der Waals surface area contributed by atoms with Crippen LogP contribution in [0, 0.1) is 0 Å². The fraction of sp³-hybridized carbons (Fsp3) is 0.235.